The number of aromatic nitrogens is 2. The molecule has 0 atom stereocenters. The predicted octanol–water partition coefficient (Wildman–Crippen LogP) is 5.57. The summed E-state index contributed by atoms with van der Waals surface area (Å²) in [5.74, 6) is -0.223. The van der Waals surface area contributed by atoms with Crippen LogP contribution in [0.2, 0.25) is 5.02 Å². The van der Waals surface area contributed by atoms with Crippen molar-refractivity contribution in [2.24, 2.45) is 0 Å². The first kappa shape index (κ1) is 19.5. The highest BCUT2D eigenvalue weighted by molar-refractivity contribution is 7.14. The highest BCUT2D eigenvalue weighted by Gasteiger charge is 2.14. The van der Waals surface area contributed by atoms with E-state index in [4.69, 9.17) is 11.6 Å². The maximum Gasteiger partial charge on any atom is 0.246 e. The molecule has 0 spiro atoms. The van der Waals surface area contributed by atoms with Gasteiger partial charge in [-0.1, -0.05) is 54.1 Å². The van der Waals surface area contributed by atoms with Crippen LogP contribution in [0.1, 0.15) is 0 Å². The average Bonchev–Trinajstić information content (AvgIpc) is 3.25. The summed E-state index contributed by atoms with van der Waals surface area (Å²) in [4.78, 5) is 30.3. The van der Waals surface area contributed by atoms with Gasteiger partial charge in [0.1, 0.15) is 6.54 Å². The van der Waals surface area contributed by atoms with Crippen LogP contribution in [-0.4, -0.2) is 15.5 Å². The number of carbonyl (C=O) groups excluding carboxylic acids is 1. The van der Waals surface area contributed by atoms with Crippen LogP contribution in [0.5, 0.6) is 0 Å². The molecule has 0 saturated carbocycles. The van der Waals surface area contributed by atoms with Crippen molar-refractivity contribution in [2.45, 2.75) is 6.54 Å². The third kappa shape index (κ3) is 3.60. The molecule has 7 heteroatoms. The van der Waals surface area contributed by atoms with E-state index in [2.05, 4.69) is 10.3 Å². The molecule has 2 aromatic heterocycles. The Kier molecular flexibility index (Phi) is 5.02. The molecule has 0 saturated heterocycles. The van der Waals surface area contributed by atoms with E-state index in [1.54, 1.807) is 18.2 Å². The van der Waals surface area contributed by atoms with Gasteiger partial charge in [0.2, 0.25) is 5.91 Å². The summed E-state index contributed by atoms with van der Waals surface area (Å²) in [5, 5.41) is 7.01. The lowest BCUT2D eigenvalue weighted by Gasteiger charge is -2.14. The van der Waals surface area contributed by atoms with Gasteiger partial charge in [0.15, 0.2) is 10.6 Å². The molecular weight excluding hydrogens is 430 g/mol. The first-order chi connectivity index (χ1) is 15.1. The highest BCUT2D eigenvalue weighted by Crippen LogP contribution is 2.30. The molecule has 0 aliphatic heterocycles. The van der Waals surface area contributed by atoms with E-state index >= 15 is 0 Å². The maximum absolute atomic E-state index is 12.9. The fraction of sp³-hybridized carbons (Fsp3) is 0.0417. The van der Waals surface area contributed by atoms with Gasteiger partial charge in [0.05, 0.1) is 16.7 Å². The number of halogens is 1. The van der Waals surface area contributed by atoms with Crippen molar-refractivity contribution in [3.05, 3.63) is 93.4 Å². The quantitative estimate of drug-likeness (QED) is 0.368. The smallest absolute Gasteiger partial charge is 0.246 e. The Labute approximate surface area is 186 Å². The normalized spacial score (nSPS) is 11.1. The minimum atomic E-state index is -0.223. The van der Waals surface area contributed by atoms with E-state index in [0.717, 1.165) is 16.6 Å². The van der Waals surface area contributed by atoms with Crippen molar-refractivity contribution < 1.29 is 4.79 Å². The zero-order valence-electron chi connectivity index (χ0n) is 16.2. The topological polar surface area (TPSA) is 64.0 Å². The summed E-state index contributed by atoms with van der Waals surface area (Å²) >= 11 is 7.59. The van der Waals surface area contributed by atoms with Gasteiger partial charge >= 0.3 is 0 Å². The number of benzene rings is 3. The molecule has 0 unspecified atom stereocenters. The number of rotatable bonds is 4. The fourth-order valence-electron chi connectivity index (χ4n) is 3.67. The molecule has 0 bridgehead atoms. The summed E-state index contributed by atoms with van der Waals surface area (Å²) < 4.78 is 1.87. The van der Waals surface area contributed by atoms with Crippen LogP contribution in [0.15, 0.2) is 83.0 Å². The fourth-order valence-corrected chi connectivity index (χ4v) is 4.63. The van der Waals surface area contributed by atoms with Crippen LogP contribution in [0.4, 0.5) is 5.13 Å². The number of hydrogen-bond donors (Lipinski definition) is 1. The standard InChI is InChI=1S/C24H16ClN3O2S/c25-18-10-4-1-7-15(18)19-14-31-24(26-19)27-22(29)13-28-20-11-5-2-8-16(20)23(30)17-9-3-6-12-21(17)28/h1-12,14H,13H2,(H,26,27,29). The van der Waals surface area contributed by atoms with Crippen molar-refractivity contribution >= 4 is 55.8 Å². The van der Waals surface area contributed by atoms with Crippen LogP contribution < -0.4 is 10.7 Å². The Bertz CT molecular complexity index is 1450. The number of anilines is 1. The van der Waals surface area contributed by atoms with Crippen LogP contribution in [-0.2, 0) is 11.3 Å². The number of fused-ring (bicyclic) bond motifs is 2. The number of para-hydroxylation sites is 2. The lowest BCUT2D eigenvalue weighted by Crippen LogP contribution is -2.21. The Hall–Kier alpha value is -3.48. The second-order valence-electron chi connectivity index (χ2n) is 7.02. The third-order valence-corrected chi connectivity index (χ3v) is 6.17. The molecule has 0 aliphatic rings. The molecule has 5 rings (SSSR count). The minimum absolute atomic E-state index is 0.0350. The van der Waals surface area contributed by atoms with Crippen LogP contribution >= 0.6 is 22.9 Å². The number of nitrogens with one attached hydrogen (secondary N) is 1. The molecule has 0 aliphatic carbocycles. The third-order valence-electron chi connectivity index (χ3n) is 5.08. The Morgan fingerprint density at radius 3 is 2.23 bits per heavy atom. The van der Waals surface area contributed by atoms with E-state index in [0.29, 0.717) is 26.6 Å². The van der Waals surface area contributed by atoms with E-state index in [1.165, 1.54) is 11.3 Å². The van der Waals surface area contributed by atoms with Crippen molar-refractivity contribution in [3.63, 3.8) is 0 Å². The van der Waals surface area contributed by atoms with Crippen LogP contribution in [0.3, 0.4) is 0 Å². The van der Waals surface area contributed by atoms with Gasteiger partial charge in [-0.15, -0.1) is 11.3 Å². The van der Waals surface area contributed by atoms with Gasteiger partial charge in [-0.05, 0) is 30.3 Å². The van der Waals surface area contributed by atoms with Crippen molar-refractivity contribution in [3.8, 4) is 11.3 Å². The first-order valence-electron chi connectivity index (χ1n) is 9.62. The largest absolute Gasteiger partial charge is 0.331 e. The molecule has 0 fully saturated rings. The van der Waals surface area contributed by atoms with Gasteiger partial charge in [-0.2, -0.15) is 0 Å². The average molecular weight is 446 g/mol. The zero-order chi connectivity index (χ0) is 21.4. The van der Waals surface area contributed by atoms with Crippen molar-refractivity contribution in [1.29, 1.82) is 0 Å². The van der Waals surface area contributed by atoms with E-state index in [9.17, 15) is 9.59 Å². The number of thiazole rings is 1. The molecule has 5 aromatic rings. The summed E-state index contributed by atoms with van der Waals surface area (Å²) in [7, 11) is 0. The second kappa shape index (κ2) is 7.98. The summed E-state index contributed by atoms with van der Waals surface area (Å²) in [6.45, 7) is 0.0579. The maximum atomic E-state index is 12.9. The number of hydrogen-bond acceptors (Lipinski definition) is 4. The molecule has 1 N–H and O–H groups in total. The van der Waals surface area contributed by atoms with Gasteiger partial charge in [0.25, 0.3) is 0 Å². The monoisotopic (exact) mass is 445 g/mol. The molecular formula is C24H16ClN3O2S. The molecule has 1 amide bonds. The molecule has 5 nitrogen and oxygen atoms in total. The van der Waals surface area contributed by atoms with E-state index in [-0.39, 0.29) is 17.9 Å². The number of nitrogens with zero attached hydrogens (tertiary/aromatic N) is 2. The lowest BCUT2D eigenvalue weighted by atomic mass is 10.1. The van der Waals surface area contributed by atoms with Gasteiger partial charge in [-0.25, -0.2) is 4.98 Å². The van der Waals surface area contributed by atoms with E-state index in [1.807, 2.05) is 64.5 Å². The van der Waals surface area contributed by atoms with E-state index < -0.39 is 0 Å². The lowest BCUT2D eigenvalue weighted by molar-refractivity contribution is -0.116. The van der Waals surface area contributed by atoms with Gasteiger partial charge in [-0.3, -0.25) is 9.59 Å². The molecule has 2 heterocycles. The van der Waals surface area contributed by atoms with Crippen LogP contribution in [0.25, 0.3) is 33.1 Å². The van der Waals surface area contributed by atoms with Gasteiger partial charge in [0, 0.05) is 26.7 Å². The predicted molar refractivity (Wildman–Crippen MR) is 127 cm³/mol. The summed E-state index contributed by atoms with van der Waals surface area (Å²) in [6, 6.07) is 22.1. The minimum Gasteiger partial charge on any atom is -0.331 e. The number of amides is 1. The number of pyridine rings is 1. The van der Waals surface area contributed by atoms with Crippen molar-refractivity contribution in [2.75, 3.05) is 5.32 Å². The highest BCUT2D eigenvalue weighted by atomic mass is 35.5. The van der Waals surface area contributed by atoms with Gasteiger partial charge < -0.3 is 9.88 Å². The molecule has 0 radical (unpaired) electrons. The zero-order valence-corrected chi connectivity index (χ0v) is 17.8. The number of carbonyl (C=O) groups is 1. The Morgan fingerprint density at radius 1 is 0.935 bits per heavy atom. The van der Waals surface area contributed by atoms with Crippen LogP contribution in [0, 0.1) is 0 Å². The molecule has 152 valence electrons. The summed E-state index contributed by atoms with van der Waals surface area (Å²) in [6.07, 6.45) is 0. The Balaban J connectivity index is 1.48. The molecule has 31 heavy (non-hydrogen) atoms. The first-order valence-corrected chi connectivity index (χ1v) is 10.9. The SMILES string of the molecule is O=C(Cn1c2ccccc2c(=O)c2ccccc21)Nc1nc(-c2ccccc2Cl)cs1. The molecule has 3 aromatic carbocycles. The summed E-state index contributed by atoms with van der Waals surface area (Å²) in [5.41, 5.74) is 2.94. The Morgan fingerprint density at radius 2 is 1.55 bits per heavy atom. The van der Waals surface area contributed by atoms with Crippen molar-refractivity contribution in [1.82, 2.24) is 9.55 Å². The second-order valence-corrected chi connectivity index (χ2v) is 8.28.